The van der Waals surface area contributed by atoms with Crippen LogP contribution in [0.1, 0.15) is 11.3 Å². The van der Waals surface area contributed by atoms with Gasteiger partial charge in [-0.15, -0.1) is 0 Å². The van der Waals surface area contributed by atoms with Gasteiger partial charge in [-0.05, 0) is 35.9 Å². The second-order valence-electron chi connectivity index (χ2n) is 4.91. The van der Waals surface area contributed by atoms with Crippen LogP contribution in [-0.2, 0) is 20.9 Å². The number of carbonyl (C=O) groups is 2. The molecular weight excluding hydrogens is 314 g/mol. The van der Waals surface area contributed by atoms with E-state index in [2.05, 4.69) is 5.32 Å². The van der Waals surface area contributed by atoms with Crippen molar-refractivity contribution in [2.24, 2.45) is 0 Å². The average molecular weight is 329 g/mol. The third kappa shape index (κ3) is 4.16. The van der Waals surface area contributed by atoms with Crippen LogP contribution < -0.4 is 14.8 Å². The van der Waals surface area contributed by atoms with Crippen molar-refractivity contribution in [1.82, 2.24) is 5.32 Å². The quantitative estimate of drug-likeness (QED) is 0.643. The standard InChI is InChI=1S/C17H15NO6/c19-16(18-9-13-2-1-7-21-13)10-22-17(20)6-4-12-3-5-14-15(8-12)24-11-23-14/h1-8H,9-11H2,(H,18,19)/b6-4+. The number of fused-ring (bicyclic) bond motifs is 1. The fourth-order valence-electron chi connectivity index (χ4n) is 2.02. The van der Waals surface area contributed by atoms with Crippen molar-refractivity contribution in [3.05, 3.63) is 54.0 Å². The number of esters is 1. The fourth-order valence-corrected chi connectivity index (χ4v) is 2.02. The lowest BCUT2D eigenvalue weighted by atomic mass is 10.2. The number of benzene rings is 1. The van der Waals surface area contributed by atoms with E-state index in [9.17, 15) is 9.59 Å². The number of carbonyl (C=O) groups excluding carboxylic acids is 2. The van der Waals surface area contributed by atoms with Gasteiger partial charge in [0.1, 0.15) is 5.76 Å². The van der Waals surface area contributed by atoms with Crippen LogP contribution in [0.15, 0.2) is 47.1 Å². The molecule has 24 heavy (non-hydrogen) atoms. The van der Waals surface area contributed by atoms with Crippen LogP contribution in [0, 0.1) is 0 Å². The van der Waals surface area contributed by atoms with Gasteiger partial charge in [0.25, 0.3) is 5.91 Å². The van der Waals surface area contributed by atoms with Crippen LogP contribution in [0.2, 0.25) is 0 Å². The number of nitrogens with one attached hydrogen (secondary N) is 1. The van der Waals surface area contributed by atoms with Crippen LogP contribution in [0.3, 0.4) is 0 Å². The largest absolute Gasteiger partial charge is 0.467 e. The summed E-state index contributed by atoms with van der Waals surface area (Å²) in [5, 5.41) is 2.58. The van der Waals surface area contributed by atoms with E-state index in [4.69, 9.17) is 18.6 Å². The summed E-state index contributed by atoms with van der Waals surface area (Å²) in [6.45, 7) is 0.0824. The summed E-state index contributed by atoms with van der Waals surface area (Å²) in [6.07, 6.45) is 4.34. The second kappa shape index (κ2) is 7.36. The van der Waals surface area contributed by atoms with Gasteiger partial charge in [-0.2, -0.15) is 0 Å². The van der Waals surface area contributed by atoms with Crippen molar-refractivity contribution in [1.29, 1.82) is 0 Å². The number of rotatable bonds is 6. The summed E-state index contributed by atoms with van der Waals surface area (Å²) < 4.78 is 20.4. The Hall–Kier alpha value is -3.22. The molecule has 1 aromatic heterocycles. The summed E-state index contributed by atoms with van der Waals surface area (Å²) in [4.78, 5) is 23.2. The molecule has 0 aliphatic carbocycles. The first-order valence-electron chi connectivity index (χ1n) is 7.24. The molecule has 3 rings (SSSR count). The highest BCUT2D eigenvalue weighted by molar-refractivity contribution is 5.89. The zero-order chi connectivity index (χ0) is 16.8. The molecule has 1 aliphatic heterocycles. The van der Waals surface area contributed by atoms with Gasteiger partial charge in [-0.3, -0.25) is 4.79 Å². The molecule has 1 aliphatic rings. The molecule has 0 fully saturated rings. The Balaban J connectivity index is 1.42. The molecule has 0 bridgehead atoms. The summed E-state index contributed by atoms with van der Waals surface area (Å²) >= 11 is 0. The average Bonchev–Trinajstić information content (AvgIpc) is 3.26. The molecular formula is C17H15NO6. The molecule has 1 aromatic carbocycles. The highest BCUT2D eigenvalue weighted by Gasteiger charge is 2.12. The molecule has 7 nitrogen and oxygen atoms in total. The smallest absolute Gasteiger partial charge is 0.331 e. The molecule has 0 saturated heterocycles. The van der Waals surface area contributed by atoms with Crippen LogP contribution >= 0.6 is 0 Å². The molecule has 0 radical (unpaired) electrons. The fraction of sp³-hybridized carbons (Fsp3) is 0.176. The zero-order valence-corrected chi connectivity index (χ0v) is 12.7. The van der Waals surface area contributed by atoms with E-state index in [0.717, 1.165) is 5.56 Å². The Morgan fingerprint density at radius 3 is 2.92 bits per heavy atom. The maximum Gasteiger partial charge on any atom is 0.331 e. The molecule has 7 heteroatoms. The van der Waals surface area contributed by atoms with Gasteiger partial charge in [0.05, 0.1) is 12.8 Å². The van der Waals surface area contributed by atoms with Gasteiger partial charge >= 0.3 is 5.97 Å². The van der Waals surface area contributed by atoms with Crippen molar-refractivity contribution in [3.8, 4) is 11.5 Å². The van der Waals surface area contributed by atoms with Crippen LogP contribution in [0.5, 0.6) is 11.5 Å². The highest BCUT2D eigenvalue weighted by atomic mass is 16.7. The molecule has 1 N–H and O–H groups in total. The molecule has 0 spiro atoms. The van der Waals surface area contributed by atoms with Crippen molar-refractivity contribution < 1.29 is 28.2 Å². The van der Waals surface area contributed by atoms with Crippen molar-refractivity contribution in [2.45, 2.75) is 6.54 Å². The van der Waals surface area contributed by atoms with Crippen molar-refractivity contribution in [3.63, 3.8) is 0 Å². The molecule has 0 unspecified atom stereocenters. The maximum atomic E-state index is 11.6. The first-order chi connectivity index (χ1) is 11.7. The summed E-state index contributed by atoms with van der Waals surface area (Å²) in [5.74, 6) is 0.903. The van der Waals surface area contributed by atoms with E-state index >= 15 is 0 Å². The predicted octanol–water partition coefficient (Wildman–Crippen LogP) is 1.88. The summed E-state index contributed by atoms with van der Waals surface area (Å²) in [5.41, 5.74) is 0.762. The lowest BCUT2D eigenvalue weighted by molar-refractivity contribution is -0.143. The van der Waals surface area contributed by atoms with E-state index in [-0.39, 0.29) is 19.9 Å². The maximum absolute atomic E-state index is 11.6. The van der Waals surface area contributed by atoms with Crippen LogP contribution in [-0.4, -0.2) is 25.3 Å². The Morgan fingerprint density at radius 2 is 2.08 bits per heavy atom. The Morgan fingerprint density at radius 1 is 1.21 bits per heavy atom. The van der Waals surface area contributed by atoms with E-state index < -0.39 is 11.9 Å². The van der Waals surface area contributed by atoms with Gasteiger partial charge < -0.3 is 23.9 Å². The minimum atomic E-state index is -0.610. The molecule has 2 heterocycles. The van der Waals surface area contributed by atoms with Gasteiger partial charge in [0.2, 0.25) is 6.79 Å². The first kappa shape index (κ1) is 15.7. The molecule has 0 saturated carbocycles. The van der Waals surface area contributed by atoms with E-state index in [1.54, 1.807) is 36.4 Å². The Labute approximate surface area is 137 Å². The SMILES string of the molecule is O=C(COC(=O)/C=C/c1ccc2c(c1)OCO2)NCc1ccco1. The van der Waals surface area contributed by atoms with Crippen LogP contribution in [0.25, 0.3) is 6.08 Å². The Bertz CT molecular complexity index is 750. The van der Waals surface area contributed by atoms with Gasteiger partial charge in [-0.25, -0.2) is 4.79 Å². The number of amides is 1. The number of hydrogen-bond donors (Lipinski definition) is 1. The molecule has 1 amide bonds. The van der Waals surface area contributed by atoms with Gasteiger partial charge in [-0.1, -0.05) is 6.07 Å². The normalized spacial score (nSPS) is 12.3. The number of ether oxygens (including phenoxy) is 3. The third-order valence-electron chi connectivity index (χ3n) is 3.19. The predicted molar refractivity (Wildman–Crippen MR) is 83.1 cm³/mol. The topological polar surface area (TPSA) is 87.0 Å². The molecule has 124 valence electrons. The summed E-state index contributed by atoms with van der Waals surface area (Å²) in [6, 6.07) is 8.76. The minimum Gasteiger partial charge on any atom is -0.467 e. The van der Waals surface area contributed by atoms with E-state index in [0.29, 0.717) is 17.3 Å². The first-order valence-corrected chi connectivity index (χ1v) is 7.24. The highest BCUT2D eigenvalue weighted by Crippen LogP contribution is 2.32. The Kier molecular flexibility index (Phi) is 4.81. The lowest BCUT2D eigenvalue weighted by Gasteiger charge is -2.03. The monoisotopic (exact) mass is 329 g/mol. The third-order valence-corrected chi connectivity index (χ3v) is 3.19. The zero-order valence-electron chi connectivity index (χ0n) is 12.7. The second-order valence-corrected chi connectivity index (χ2v) is 4.91. The van der Waals surface area contributed by atoms with Crippen LogP contribution in [0.4, 0.5) is 0 Å². The van der Waals surface area contributed by atoms with Crippen molar-refractivity contribution >= 4 is 18.0 Å². The van der Waals surface area contributed by atoms with Gasteiger partial charge in [0, 0.05) is 6.08 Å². The van der Waals surface area contributed by atoms with Gasteiger partial charge in [0.15, 0.2) is 18.1 Å². The summed E-state index contributed by atoms with van der Waals surface area (Å²) in [7, 11) is 0. The van der Waals surface area contributed by atoms with Crippen molar-refractivity contribution in [2.75, 3.05) is 13.4 Å². The van der Waals surface area contributed by atoms with E-state index in [1.165, 1.54) is 12.3 Å². The number of hydrogen-bond acceptors (Lipinski definition) is 6. The molecule has 2 aromatic rings. The molecule has 0 atom stereocenters. The lowest BCUT2D eigenvalue weighted by Crippen LogP contribution is -2.27. The minimum absolute atomic E-state index is 0.192. The van der Waals surface area contributed by atoms with E-state index in [1.807, 2.05) is 0 Å². The number of furan rings is 1.